The fourth-order valence-corrected chi connectivity index (χ4v) is 5.31. The summed E-state index contributed by atoms with van der Waals surface area (Å²) in [5.74, 6) is -0.264. The first kappa shape index (κ1) is 36.7. The predicted octanol–water partition coefficient (Wildman–Crippen LogP) is 7.68. The van der Waals surface area contributed by atoms with Crippen molar-refractivity contribution in [1.29, 1.82) is 10.5 Å². The lowest BCUT2D eigenvalue weighted by atomic mass is 10.1. The van der Waals surface area contributed by atoms with Gasteiger partial charge in [-0.25, -0.2) is 0 Å². The Morgan fingerprint density at radius 1 is 0.816 bits per heavy atom. The summed E-state index contributed by atoms with van der Waals surface area (Å²) in [4.78, 5) is 12.1. The van der Waals surface area contributed by atoms with Crippen LogP contribution in [0.15, 0.2) is 12.2 Å². The van der Waals surface area contributed by atoms with Gasteiger partial charge in [-0.3, -0.25) is 4.79 Å². The zero-order valence-corrected chi connectivity index (χ0v) is 25.3. The third-order valence-electron chi connectivity index (χ3n) is 5.75. The number of carbonyl (C=O) groups is 1. The summed E-state index contributed by atoms with van der Waals surface area (Å²) in [6.45, 7) is -0.697. The first-order chi connectivity index (χ1) is 18.5. The first-order valence-corrected chi connectivity index (χ1v) is 16.7. The van der Waals surface area contributed by atoms with Crippen LogP contribution in [0.3, 0.4) is 0 Å². The highest BCUT2D eigenvalue weighted by Crippen LogP contribution is 2.50. The van der Waals surface area contributed by atoms with Gasteiger partial charge in [0.25, 0.3) is 0 Å². The van der Waals surface area contributed by atoms with Crippen LogP contribution in [0.25, 0.3) is 0 Å². The lowest BCUT2D eigenvalue weighted by molar-refractivity contribution is -0.148. The van der Waals surface area contributed by atoms with Crippen LogP contribution in [0.4, 0.5) is 0 Å². The Morgan fingerprint density at radius 2 is 1.34 bits per heavy atom. The molecule has 0 saturated heterocycles. The number of carbonyl (C=O) groups excluding carboxylic acids is 1. The molecule has 0 aliphatic rings. The lowest BCUT2D eigenvalue weighted by Crippen LogP contribution is -2.26. The number of hydrogen-bond acceptors (Lipinski definition) is 9. The van der Waals surface area contributed by atoms with E-state index in [1.54, 1.807) is 0 Å². The monoisotopic (exact) mass is 572 g/mol. The van der Waals surface area contributed by atoms with Crippen LogP contribution >= 0.6 is 6.72 Å². The molecule has 0 radical (unpaired) electrons. The van der Waals surface area contributed by atoms with Gasteiger partial charge >= 0.3 is 12.7 Å². The van der Waals surface area contributed by atoms with Gasteiger partial charge in [-0.05, 0) is 43.9 Å². The molecule has 0 N–H and O–H groups in total. The van der Waals surface area contributed by atoms with E-state index < -0.39 is 12.8 Å². The second kappa shape index (κ2) is 27.3. The fourth-order valence-electron chi connectivity index (χ4n) is 3.47. The molecule has 0 bridgehead atoms. The topological polar surface area (TPSA) is 111 Å². The van der Waals surface area contributed by atoms with Gasteiger partial charge in [-0.1, -0.05) is 70.4 Å². The Balaban J connectivity index is 3.92. The molecule has 0 spiro atoms. The number of allylic oxidation sites excluding steroid dienone is 2. The minimum atomic E-state index is -3.13. The summed E-state index contributed by atoms with van der Waals surface area (Å²) >= 11 is 5.34. The lowest BCUT2D eigenvalue weighted by Gasteiger charge is -2.23. The molecule has 0 aliphatic carbocycles. The molecule has 10 heteroatoms. The maximum atomic E-state index is 12.1. The van der Waals surface area contributed by atoms with Gasteiger partial charge in [0.15, 0.2) is 0 Å². The van der Waals surface area contributed by atoms with Crippen LogP contribution in [-0.4, -0.2) is 45.6 Å². The van der Waals surface area contributed by atoms with Gasteiger partial charge < -0.3 is 23.0 Å². The Hall–Kier alpha value is -1.32. The van der Waals surface area contributed by atoms with Crippen molar-refractivity contribution in [3.05, 3.63) is 12.2 Å². The summed E-state index contributed by atoms with van der Waals surface area (Å²) in [5.41, 5.74) is 0. The summed E-state index contributed by atoms with van der Waals surface area (Å²) in [7, 11) is 1.49. The Labute approximate surface area is 236 Å². The van der Waals surface area contributed by atoms with Crippen molar-refractivity contribution in [2.45, 2.75) is 116 Å². The van der Waals surface area contributed by atoms with Crippen LogP contribution in [-0.2, 0) is 39.6 Å². The van der Waals surface area contributed by atoms with Gasteiger partial charge in [0.05, 0.1) is 44.8 Å². The first-order valence-electron chi connectivity index (χ1n) is 14.1. The highest BCUT2D eigenvalue weighted by Gasteiger charge is 2.23. The zero-order valence-electron chi connectivity index (χ0n) is 23.6. The Kier molecular flexibility index (Phi) is 26.3. The van der Waals surface area contributed by atoms with E-state index in [0.717, 1.165) is 25.7 Å². The summed E-state index contributed by atoms with van der Waals surface area (Å²) < 4.78 is 27.2. The molecule has 8 nitrogen and oxygen atoms in total. The Bertz CT molecular complexity index is 714. The van der Waals surface area contributed by atoms with Crippen molar-refractivity contribution < 1.29 is 27.8 Å². The summed E-state index contributed by atoms with van der Waals surface area (Å²) in [6, 6.07) is 3.92. The van der Waals surface area contributed by atoms with E-state index in [1.807, 2.05) is 12.1 Å². The van der Waals surface area contributed by atoms with Crippen molar-refractivity contribution in [2.24, 2.45) is 0 Å². The maximum absolute atomic E-state index is 12.1. The molecule has 0 unspecified atom stereocenters. The van der Waals surface area contributed by atoms with Gasteiger partial charge in [0.2, 0.25) is 0 Å². The molecule has 0 heterocycles. The van der Waals surface area contributed by atoms with Crippen LogP contribution in [0.2, 0.25) is 0 Å². The van der Waals surface area contributed by atoms with E-state index in [4.69, 9.17) is 45.4 Å². The largest absolute Gasteiger partial charge is 0.463 e. The van der Waals surface area contributed by atoms with Gasteiger partial charge in [-0.15, -0.1) is 0 Å². The van der Waals surface area contributed by atoms with Gasteiger partial charge in [0.1, 0.15) is 12.7 Å². The average molecular weight is 573 g/mol. The fraction of sp³-hybridized carbons (Fsp3) is 0.821. The highest BCUT2D eigenvalue weighted by atomic mass is 32.5. The minimum absolute atomic E-state index is 0.00751. The van der Waals surface area contributed by atoms with Gasteiger partial charge in [0, 0.05) is 13.5 Å². The number of nitriles is 2. The molecule has 0 aromatic rings. The second-order valence-electron chi connectivity index (χ2n) is 9.10. The van der Waals surface area contributed by atoms with Crippen molar-refractivity contribution >= 4 is 24.5 Å². The molecule has 0 fully saturated rings. The van der Waals surface area contributed by atoms with E-state index in [9.17, 15) is 4.79 Å². The molecule has 1 atom stereocenters. The van der Waals surface area contributed by atoms with Crippen molar-refractivity contribution in [2.75, 3.05) is 33.5 Å². The third-order valence-corrected chi connectivity index (χ3v) is 8.16. The summed E-state index contributed by atoms with van der Waals surface area (Å²) in [6.07, 6.45) is 20.5. The SMILES string of the molecule is CCCCCCCC/C=C/CCCCCCCC(=O)OC[C@H](COP(=S)(OCCC#N)OCCC#N)OC. The van der Waals surface area contributed by atoms with Crippen LogP contribution in [0.1, 0.15) is 110 Å². The van der Waals surface area contributed by atoms with E-state index in [-0.39, 0.29) is 45.2 Å². The minimum Gasteiger partial charge on any atom is -0.463 e. The van der Waals surface area contributed by atoms with E-state index >= 15 is 0 Å². The molecule has 0 amide bonds. The average Bonchev–Trinajstić information content (AvgIpc) is 2.91. The molecule has 38 heavy (non-hydrogen) atoms. The smallest absolute Gasteiger partial charge is 0.327 e. The quantitative estimate of drug-likeness (QED) is 0.0423. The molecule has 0 aromatic carbocycles. The van der Waals surface area contributed by atoms with Gasteiger partial charge in [-0.2, -0.15) is 10.5 Å². The number of methoxy groups -OCH3 is 1. The molecular formula is C28H49N2O6PS. The normalized spacial score (nSPS) is 12.3. The standard InChI is InChI=1S/C28H49N2O6PS/c1-3-4-5-6-7-8-9-10-11-12-13-14-15-16-17-20-28(31)33-25-27(32-2)26-36-37(38,34-23-18-21-29)35-24-19-22-30/h10-11,27H,3-9,12-20,23-26H2,1-2H3/b11-10+/t27-/m1/s1. The van der Waals surface area contributed by atoms with Crippen LogP contribution < -0.4 is 0 Å². The van der Waals surface area contributed by atoms with Crippen LogP contribution in [0.5, 0.6) is 0 Å². The number of rotatable bonds is 27. The number of hydrogen-bond donors (Lipinski definition) is 0. The second-order valence-corrected chi connectivity index (χ2v) is 12.1. The van der Waals surface area contributed by atoms with E-state index in [1.165, 1.54) is 64.9 Å². The molecule has 0 aromatic heterocycles. The highest BCUT2D eigenvalue weighted by molar-refractivity contribution is 8.07. The molecule has 218 valence electrons. The predicted molar refractivity (Wildman–Crippen MR) is 154 cm³/mol. The molecule has 0 saturated carbocycles. The van der Waals surface area contributed by atoms with Crippen molar-refractivity contribution in [3.63, 3.8) is 0 Å². The van der Waals surface area contributed by atoms with E-state index in [0.29, 0.717) is 6.42 Å². The number of nitrogens with zero attached hydrogens (tertiary/aromatic N) is 2. The number of ether oxygens (including phenoxy) is 2. The molecule has 0 aliphatic heterocycles. The van der Waals surface area contributed by atoms with E-state index in [2.05, 4.69) is 19.1 Å². The molecular weight excluding hydrogens is 523 g/mol. The van der Waals surface area contributed by atoms with Crippen molar-refractivity contribution in [1.82, 2.24) is 0 Å². The number of unbranched alkanes of at least 4 members (excludes halogenated alkanes) is 11. The number of esters is 1. The zero-order chi connectivity index (χ0) is 28.2. The Morgan fingerprint density at radius 3 is 1.87 bits per heavy atom. The maximum Gasteiger partial charge on any atom is 0.327 e. The third kappa shape index (κ3) is 23.8. The molecule has 0 rings (SSSR count). The van der Waals surface area contributed by atoms with Crippen LogP contribution in [0, 0.1) is 22.7 Å². The summed E-state index contributed by atoms with van der Waals surface area (Å²) in [5, 5.41) is 17.4. The van der Waals surface area contributed by atoms with Crippen molar-refractivity contribution in [3.8, 4) is 12.1 Å².